The lowest BCUT2D eigenvalue weighted by Crippen LogP contribution is -1.99. The van der Waals surface area contributed by atoms with Gasteiger partial charge in [-0.25, -0.2) is 0 Å². The molecule has 0 radical (unpaired) electrons. The zero-order valence-electron chi connectivity index (χ0n) is 9.14. The summed E-state index contributed by atoms with van der Waals surface area (Å²) in [7, 11) is 0. The predicted octanol–water partition coefficient (Wildman–Crippen LogP) is 2.92. The highest BCUT2D eigenvalue weighted by Crippen LogP contribution is 2.19. The fourth-order valence-electron chi connectivity index (χ4n) is 1.47. The van der Waals surface area contributed by atoms with Gasteiger partial charge in [-0.1, -0.05) is 18.2 Å². The Morgan fingerprint density at radius 3 is 2.82 bits per heavy atom. The number of pyridine rings is 1. The first-order valence-corrected chi connectivity index (χ1v) is 6.00. The zero-order valence-corrected chi connectivity index (χ0v) is 10.7. The van der Waals surface area contributed by atoms with E-state index in [-0.39, 0.29) is 6.61 Å². The van der Waals surface area contributed by atoms with Crippen LogP contribution in [0, 0.1) is 0 Å². The van der Waals surface area contributed by atoms with Crippen molar-refractivity contribution in [1.29, 1.82) is 0 Å². The van der Waals surface area contributed by atoms with E-state index in [9.17, 15) is 0 Å². The van der Waals surface area contributed by atoms with Crippen molar-refractivity contribution in [1.82, 2.24) is 4.98 Å². The Balaban J connectivity index is 2.07. The topological polar surface area (TPSA) is 42.4 Å². The molecule has 0 saturated heterocycles. The molecule has 2 aromatic rings. The Labute approximate surface area is 108 Å². The molecule has 0 aliphatic heterocycles. The molecule has 0 bridgehead atoms. The summed E-state index contributed by atoms with van der Waals surface area (Å²) >= 11 is 3.36. The molecule has 0 fully saturated rings. The third-order valence-electron chi connectivity index (χ3n) is 2.30. The third kappa shape index (κ3) is 3.28. The molecule has 0 amide bonds. The standard InChI is InChI=1S/C13H12BrNO2/c14-12-5-10(6-15-7-12)9-17-13-4-2-1-3-11(13)8-16/h1-7,16H,8-9H2. The van der Waals surface area contributed by atoms with E-state index in [1.807, 2.05) is 30.3 Å². The lowest BCUT2D eigenvalue weighted by Gasteiger charge is -2.09. The monoisotopic (exact) mass is 293 g/mol. The largest absolute Gasteiger partial charge is 0.488 e. The number of aliphatic hydroxyl groups excluding tert-OH is 1. The number of hydrogen-bond donors (Lipinski definition) is 1. The van der Waals surface area contributed by atoms with Crippen LogP contribution in [-0.2, 0) is 13.2 Å². The number of hydrogen-bond acceptors (Lipinski definition) is 3. The molecular weight excluding hydrogens is 282 g/mol. The molecule has 0 aliphatic carbocycles. The smallest absolute Gasteiger partial charge is 0.125 e. The summed E-state index contributed by atoms with van der Waals surface area (Å²) in [5, 5.41) is 9.16. The van der Waals surface area contributed by atoms with Crippen LogP contribution in [0.3, 0.4) is 0 Å². The minimum absolute atomic E-state index is 0.0209. The van der Waals surface area contributed by atoms with Gasteiger partial charge in [-0.15, -0.1) is 0 Å². The molecule has 0 unspecified atom stereocenters. The summed E-state index contributed by atoms with van der Waals surface area (Å²) in [5.41, 5.74) is 1.77. The first-order chi connectivity index (χ1) is 8.29. The fourth-order valence-corrected chi connectivity index (χ4v) is 1.88. The van der Waals surface area contributed by atoms with Gasteiger partial charge in [0.15, 0.2) is 0 Å². The van der Waals surface area contributed by atoms with E-state index >= 15 is 0 Å². The number of ether oxygens (including phenoxy) is 1. The molecule has 1 aromatic carbocycles. The molecule has 1 N–H and O–H groups in total. The number of rotatable bonds is 4. The van der Waals surface area contributed by atoms with Crippen LogP contribution in [-0.4, -0.2) is 10.1 Å². The fraction of sp³-hybridized carbons (Fsp3) is 0.154. The van der Waals surface area contributed by atoms with Crippen molar-refractivity contribution in [2.45, 2.75) is 13.2 Å². The Morgan fingerprint density at radius 2 is 2.06 bits per heavy atom. The van der Waals surface area contributed by atoms with Crippen LogP contribution in [0.1, 0.15) is 11.1 Å². The van der Waals surface area contributed by atoms with Gasteiger partial charge in [-0.05, 0) is 28.1 Å². The molecule has 0 atom stereocenters. The maximum Gasteiger partial charge on any atom is 0.125 e. The van der Waals surface area contributed by atoms with Crippen molar-refractivity contribution in [3.63, 3.8) is 0 Å². The maximum absolute atomic E-state index is 9.16. The zero-order chi connectivity index (χ0) is 12.1. The van der Waals surface area contributed by atoms with Gasteiger partial charge in [0.1, 0.15) is 12.4 Å². The number of aliphatic hydroxyl groups is 1. The van der Waals surface area contributed by atoms with Crippen LogP contribution in [0.25, 0.3) is 0 Å². The Kier molecular flexibility index (Phi) is 4.12. The van der Waals surface area contributed by atoms with E-state index in [2.05, 4.69) is 20.9 Å². The van der Waals surface area contributed by atoms with Gasteiger partial charge in [0, 0.05) is 28.0 Å². The van der Waals surface area contributed by atoms with Crippen molar-refractivity contribution in [3.8, 4) is 5.75 Å². The minimum atomic E-state index is -0.0209. The number of benzene rings is 1. The highest BCUT2D eigenvalue weighted by atomic mass is 79.9. The first-order valence-electron chi connectivity index (χ1n) is 5.20. The highest BCUT2D eigenvalue weighted by Gasteiger charge is 2.02. The Morgan fingerprint density at radius 1 is 1.24 bits per heavy atom. The second kappa shape index (κ2) is 5.80. The van der Waals surface area contributed by atoms with Crippen LogP contribution >= 0.6 is 15.9 Å². The summed E-state index contributed by atoms with van der Waals surface area (Å²) in [6.07, 6.45) is 3.48. The van der Waals surface area contributed by atoms with Crippen LogP contribution in [0.5, 0.6) is 5.75 Å². The molecule has 0 aliphatic rings. The molecule has 3 nitrogen and oxygen atoms in total. The molecule has 0 saturated carbocycles. The average Bonchev–Trinajstić information content (AvgIpc) is 2.37. The molecule has 0 spiro atoms. The maximum atomic E-state index is 9.16. The first kappa shape index (κ1) is 12.1. The normalized spacial score (nSPS) is 10.2. The Bertz CT molecular complexity index is 502. The summed E-state index contributed by atoms with van der Waals surface area (Å²) in [5.74, 6) is 0.704. The van der Waals surface area contributed by atoms with Crippen LogP contribution in [0.15, 0.2) is 47.2 Å². The lowest BCUT2D eigenvalue weighted by molar-refractivity contribution is 0.259. The van der Waals surface area contributed by atoms with Gasteiger partial charge in [0.05, 0.1) is 6.61 Å². The highest BCUT2D eigenvalue weighted by molar-refractivity contribution is 9.10. The predicted molar refractivity (Wildman–Crippen MR) is 68.6 cm³/mol. The van der Waals surface area contributed by atoms with E-state index < -0.39 is 0 Å². The second-order valence-corrected chi connectivity index (χ2v) is 4.48. The number of nitrogens with zero attached hydrogens (tertiary/aromatic N) is 1. The van der Waals surface area contributed by atoms with Crippen molar-refractivity contribution >= 4 is 15.9 Å². The van der Waals surface area contributed by atoms with Crippen LogP contribution in [0.4, 0.5) is 0 Å². The van der Waals surface area contributed by atoms with Gasteiger partial charge in [0.2, 0.25) is 0 Å². The number of para-hydroxylation sites is 1. The molecule has 1 heterocycles. The van der Waals surface area contributed by atoms with Crippen molar-refractivity contribution in [2.75, 3.05) is 0 Å². The van der Waals surface area contributed by atoms with E-state index in [1.54, 1.807) is 12.4 Å². The van der Waals surface area contributed by atoms with Crippen molar-refractivity contribution in [3.05, 3.63) is 58.3 Å². The minimum Gasteiger partial charge on any atom is -0.488 e. The van der Waals surface area contributed by atoms with Gasteiger partial charge < -0.3 is 9.84 Å². The molecule has 1 aromatic heterocycles. The van der Waals surface area contributed by atoms with E-state index in [1.165, 1.54) is 0 Å². The Hall–Kier alpha value is -1.39. The van der Waals surface area contributed by atoms with Gasteiger partial charge in [-0.2, -0.15) is 0 Å². The van der Waals surface area contributed by atoms with Crippen LogP contribution in [0.2, 0.25) is 0 Å². The number of aromatic nitrogens is 1. The molecule has 88 valence electrons. The third-order valence-corrected chi connectivity index (χ3v) is 2.73. The van der Waals surface area contributed by atoms with Gasteiger partial charge in [0.25, 0.3) is 0 Å². The van der Waals surface area contributed by atoms with Crippen molar-refractivity contribution < 1.29 is 9.84 Å². The lowest BCUT2D eigenvalue weighted by atomic mass is 10.2. The van der Waals surface area contributed by atoms with Gasteiger partial charge >= 0.3 is 0 Å². The molecule has 4 heteroatoms. The van der Waals surface area contributed by atoms with E-state index in [4.69, 9.17) is 9.84 Å². The molecule has 2 rings (SSSR count). The molecular formula is C13H12BrNO2. The molecule has 17 heavy (non-hydrogen) atoms. The van der Waals surface area contributed by atoms with E-state index in [0.29, 0.717) is 12.4 Å². The summed E-state index contributed by atoms with van der Waals surface area (Å²) in [4.78, 5) is 4.06. The SMILES string of the molecule is OCc1ccccc1OCc1cncc(Br)c1. The summed E-state index contributed by atoms with van der Waals surface area (Å²) < 4.78 is 6.57. The number of halogens is 1. The quantitative estimate of drug-likeness (QED) is 0.942. The van der Waals surface area contributed by atoms with Gasteiger partial charge in [-0.3, -0.25) is 4.98 Å². The van der Waals surface area contributed by atoms with Crippen LogP contribution < -0.4 is 4.74 Å². The summed E-state index contributed by atoms with van der Waals surface area (Å²) in [6, 6.07) is 9.40. The average molecular weight is 294 g/mol. The second-order valence-electron chi connectivity index (χ2n) is 3.57. The summed E-state index contributed by atoms with van der Waals surface area (Å²) in [6.45, 7) is 0.413. The van der Waals surface area contributed by atoms with E-state index in [0.717, 1.165) is 15.6 Å². The van der Waals surface area contributed by atoms with Crippen molar-refractivity contribution in [2.24, 2.45) is 0 Å².